The highest BCUT2D eigenvalue weighted by atomic mass is 16.4. The van der Waals surface area contributed by atoms with Crippen LogP contribution >= 0.6 is 0 Å². The fraction of sp³-hybridized carbons (Fsp3) is 0.846. The van der Waals surface area contributed by atoms with Crippen LogP contribution in [0, 0.1) is 5.41 Å². The van der Waals surface area contributed by atoms with Crippen molar-refractivity contribution in [2.24, 2.45) is 5.41 Å². The van der Waals surface area contributed by atoms with Gasteiger partial charge in [0.1, 0.15) is 5.54 Å². The number of carboxylic acid groups (broad SMARTS) is 1. The second-order valence-electron chi connectivity index (χ2n) is 5.79. The van der Waals surface area contributed by atoms with Crippen LogP contribution in [0.3, 0.4) is 0 Å². The molecule has 0 saturated carbocycles. The molecule has 0 aliphatic rings. The first kappa shape index (κ1) is 16.7. The van der Waals surface area contributed by atoms with Crippen molar-refractivity contribution >= 4 is 12.0 Å². The lowest BCUT2D eigenvalue weighted by molar-refractivity contribution is -0.144. The van der Waals surface area contributed by atoms with Gasteiger partial charge in [0.05, 0.1) is 0 Å². The highest BCUT2D eigenvalue weighted by molar-refractivity contribution is 5.86. The second kappa shape index (κ2) is 6.61. The number of hydrogen-bond acceptors (Lipinski definition) is 2. The molecule has 0 unspecified atom stereocenters. The summed E-state index contributed by atoms with van der Waals surface area (Å²) >= 11 is 0. The predicted octanol–water partition coefficient (Wildman–Crippen LogP) is 2.37. The first-order chi connectivity index (χ1) is 8.17. The third-order valence-corrected chi connectivity index (χ3v) is 3.13. The molecule has 0 aromatic carbocycles. The van der Waals surface area contributed by atoms with Gasteiger partial charge in [-0.2, -0.15) is 0 Å². The van der Waals surface area contributed by atoms with Crippen LogP contribution in [-0.2, 0) is 4.79 Å². The van der Waals surface area contributed by atoms with Crippen LogP contribution in [0.1, 0.15) is 53.9 Å². The van der Waals surface area contributed by atoms with Crippen LogP contribution < -0.4 is 10.6 Å². The molecule has 0 aliphatic heterocycles. The Hall–Kier alpha value is -1.26. The molecule has 0 saturated heterocycles. The molecule has 3 N–H and O–H groups in total. The van der Waals surface area contributed by atoms with Crippen molar-refractivity contribution in [1.29, 1.82) is 0 Å². The van der Waals surface area contributed by atoms with Crippen LogP contribution in [0.4, 0.5) is 4.79 Å². The summed E-state index contributed by atoms with van der Waals surface area (Å²) < 4.78 is 0. The van der Waals surface area contributed by atoms with Gasteiger partial charge in [0.2, 0.25) is 0 Å². The first-order valence-corrected chi connectivity index (χ1v) is 6.46. The van der Waals surface area contributed by atoms with Gasteiger partial charge in [-0.15, -0.1) is 0 Å². The lowest BCUT2D eigenvalue weighted by Gasteiger charge is -2.28. The van der Waals surface area contributed by atoms with Crippen molar-refractivity contribution in [3.63, 3.8) is 0 Å². The van der Waals surface area contributed by atoms with Gasteiger partial charge in [-0.05, 0) is 24.7 Å². The van der Waals surface area contributed by atoms with Gasteiger partial charge >= 0.3 is 12.0 Å². The van der Waals surface area contributed by atoms with Crippen LogP contribution in [0.2, 0.25) is 0 Å². The van der Waals surface area contributed by atoms with Crippen molar-refractivity contribution in [3.8, 4) is 0 Å². The molecule has 18 heavy (non-hydrogen) atoms. The zero-order chi connectivity index (χ0) is 14.4. The average Bonchev–Trinajstić information content (AvgIpc) is 2.23. The van der Waals surface area contributed by atoms with Crippen molar-refractivity contribution in [2.45, 2.75) is 59.4 Å². The highest BCUT2D eigenvalue weighted by Crippen LogP contribution is 2.17. The number of carbonyl (C=O) groups excluding carboxylic acids is 1. The number of nitrogens with one attached hydrogen (secondary N) is 2. The topological polar surface area (TPSA) is 78.4 Å². The van der Waals surface area contributed by atoms with E-state index in [4.69, 9.17) is 0 Å². The molecule has 0 aliphatic carbocycles. The minimum Gasteiger partial charge on any atom is -0.480 e. The fourth-order valence-electron chi connectivity index (χ4n) is 1.60. The van der Waals surface area contributed by atoms with Crippen LogP contribution in [-0.4, -0.2) is 29.2 Å². The molecule has 0 radical (unpaired) electrons. The van der Waals surface area contributed by atoms with E-state index in [1.54, 1.807) is 13.8 Å². The van der Waals surface area contributed by atoms with Gasteiger partial charge in [-0.3, -0.25) is 0 Å². The van der Waals surface area contributed by atoms with E-state index < -0.39 is 17.5 Å². The number of urea groups is 1. The summed E-state index contributed by atoms with van der Waals surface area (Å²) in [4.78, 5) is 22.9. The summed E-state index contributed by atoms with van der Waals surface area (Å²) in [7, 11) is 0. The van der Waals surface area contributed by atoms with Gasteiger partial charge in [0.25, 0.3) is 0 Å². The quantitative estimate of drug-likeness (QED) is 0.684. The van der Waals surface area contributed by atoms with E-state index in [0.717, 1.165) is 6.42 Å². The summed E-state index contributed by atoms with van der Waals surface area (Å²) in [5.74, 6) is -0.988. The van der Waals surface area contributed by atoms with Crippen LogP contribution in [0.15, 0.2) is 0 Å². The van der Waals surface area contributed by atoms with E-state index >= 15 is 0 Å². The molecule has 0 aromatic heterocycles. The average molecular weight is 258 g/mol. The Kier molecular flexibility index (Phi) is 6.15. The van der Waals surface area contributed by atoms with Crippen molar-refractivity contribution in [2.75, 3.05) is 6.54 Å². The maximum absolute atomic E-state index is 11.7. The molecule has 2 amide bonds. The molecule has 106 valence electrons. The molecule has 5 heteroatoms. The smallest absolute Gasteiger partial charge is 0.329 e. The molecule has 5 nitrogen and oxygen atoms in total. The molecular formula is C13H26N2O3. The zero-order valence-electron chi connectivity index (χ0n) is 12.1. The van der Waals surface area contributed by atoms with Gasteiger partial charge in [-0.1, -0.05) is 34.6 Å². The third kappa shape index (κ3) is 5.38. The minimum absolute atomic E-state index is 0.146. The Balaban J connectivity index is 4.33. The Labute approximate surface area is 109 Å². The van der Waals surface area contributed by atoms with Crippen LogP contribution in [0.5, 0.6) is 0 Å². The van der Waals surface area contributed by atoms with Crippen molar-refractivity contribution < 1.29 is 14.7 Å². The molecular weight excluding hydrogens is 232 g/mol. The molecule has 0 rings (SSSR count). The summed E-state index contributed by atoms with van der Waals surface area (Å²) in [6, 6.07) is -0.412. The summed E-state index contributed by atoms with van der Waals surface area (Å²) in [5, 5.41) is 14.5. The van der Waals surface area contributed by atoms with Crippen molar-refractivity contribution in [1.82, 2.24) is 10.6 Å². The van der Waals surface area contributed by atoms with E-state index in [1.807, 2.05) is 0 Å². The molecule has 0 bridgehead atoms. The monoisotopic (exact) mass is 258 g/mol. The Morgan fingerprint density at radius 2 is 1.61 bits per heavy atom. The van der Waals surface area contributed by atoms with E-state index in [9.17, 15) is 14.7 Å². The van der Waals surface area contributed by atoms with E-state index in [0.29, 0.717) is 19.4 Å². The predicted molar refractivity (Wildman–Crippen MR) is 71.6 cm³/mol. The molecule has 0 spiro atoms. The lowest BCUT2D eigenvalue weighted by Crippen LogP contribution is -2.56. The number of aliphatic carboxylic acids is 1. The standard InChI is InChI=1S/C13H26N2O3/c1-6-13(7-2,10(16)17)15-11(18)14-9-8-12(3,4)5/h6-9H2,1-5H3,(H,16,17)(H2,14,15,18). The van der Waals surface area contributed by atoms with E-state index in [-0.39, 0.29) is 5.41 Å². The van der Waals surface area contributed by atoms with E-state index in [2.05, 4.69) is 31.4 Å². The maximum atomic E-state index is 11.7. The Bertz CT molecular complexity index is 291. The number of rotatable bonds is 6. The van der Waals surface area contributed by atoms with Gasteiger partial charge < -0.3 is 15.7 Å². The molecule has 0 heterocycles. The van der Waals surface area contributed by atoms with Crippen molar-refractivity contribution in [3.05, 3.63) is 0 Å². The second-order valence-corrected chi connectivity index (χ2v) is 5.79. The van der Waals surface area contributed by atoms with Gasteiger partial charge in [0, 0.05) is 6.54 Å². The Morgan fingerprint density at radius 1 is 1.11 bits per heavy atom. The Morgan fingerprint density at radius 3 is 1.94 bits per heavy atom. The summed E-state index contributed by atoms with van der Waals surface area (Å²) in [6.07, 6.45) is 1.58. The largest absolute Gasteiger partial charge is 0.480 e. The normalized spacial score (nSPS) is 12.1. The van der Waals surface area contributed by atoms with E-state index in [1.165, 1.54) is 0 Å². The number of amides is 2. The summed E-state index contributed by atoms with van der Waals surface area (Å²) in [6.45, 7) is 10.3. The van der Waals surface area contributed by atoms with Gasteiger partial charge in [0.15, 0.2) is 0 Å². The highest BCUT2D eigenvalue weighted by Gasteiger charge is 2.36. The zero-order valence-corrected chi connectivity index (χ0v) is 12.1. The SMILES string of the molecule is CCC(CC)(NC(=O)NCCC(C)(C)C)C(=O)O. The third-order valence-electron chi connectivity index (χ3n) is 3.13. The van der Waals surface area contributed by atoms with Gasteiger partial charge in [-0.25, -0.2) is 9.59 Å². The molecule has 0 aromatic rings. The fourth-order valence-corrected chi connectivity index (χ4v) is 1.60. The molecule has 0 atom stereocenters. The number of hydrogen-bond donors (Lipinski definition) is 3. The number of carboxylic acids is 1. The first-order valence-electron chi connectivity index (χ1n) is 6.46. The molecule has 0 fully saturated rings. The minimum atomic E-state index is -1.16. The lowest BCUT2D eigenvalue weighted by atomic mass is 9.92. The maximum Gasteiger partial charge on any atom is 0.329 e. The van der Waals surface area contributed by atoms with Crippen LogP contribution in [0.25, 0.3) is 0 Å². The number of carbonyl (C=O) groups is 2. The summed E-state index contributed by atoms with van der Waals surface area (Å²) in [5.41, 5.74) is -1.02.